The van der Waals surface area contributed by atoms with Crippen LogP contribution in [0.15, 0.2) is 22.8 Å². The zero-order chi connectivity index (χ0) is 13.7. The molecule has 19 heavy (non-hydrogen) atoms. The molecule has 0 spiro atoms. The first-order valence-corrected chi connectivity index (χ1v) is 7.46. The van der Waals surface area contributed by atoms with Crippen LogP contribution in [0.4, 0.5) is 4.79 Å². The molecule has 0 aliphatic carbocycles. The SMILES string of the molecule is CCNC(=O)NC(=O)CSc1ncnc2sccc12. The number of nitrogens with zero attached hydrogens (tertiary/aromatic N) is 2. The largest absolute Gasteiger partial charge is 0.338 e. The van der Waals surface area contributed by atoms with Gasteiger partial charge in [-0.2, -0.15) is 0 Å². The monoisotopic (exact) mass is 296 g/mol. The van der Waals surface area contributed by atoms with E-state index in [1.54, 1.807) is 6.92 Å². The predicted octanol–water partition coefficient (Wildman–Crippen LogP) is 1.63. The van der Waals surface area contributed by atoms with Gasteiger partial charge in [-0.15, -0.1) is 11.3 Å². The van der Waals surface area contributed by atoms with E-state index in [-0.39, 0.29) is 11.7 Å². The summed E-state index contributed by atoms with van der Waals surface area (Å²) in [6.07, 6.45) is 1.48. The number of hydrogen-bond acceptors (Lipinski definition) is 6. The fourth-order valence-corrected chi connectivity index (χ4v) is 2.96. The molecule has 2 aromatic heterocycles. The summed E-state index contributed by atoms with van der Waals surface area (Å²) >= 11 is 2.81. The number of aromatic nitrogens is 2. The van der Waals surface area contributed by atoms with Crippen LogP contribution < -0.4 is 10.6 Å². The molecule has 0 fully saturated rings. The zero-order valence-corrected chi connectivity index (χ0v) is 11.8. The number of carbonyl (C=O) groups is 2. The molecule has 0 aliphatic rings. The molecule has 0 atom stereocenters. The van der Waals surface area contributed by atoms with Gasteiger partial charge < -0.3 is 5.32 Å². The number of urea groups is 1. The Bertz CT molecular complexity index is 599. The van der Waals surface area contributed by atoms with Crippen molar-refractivity contribution >= 4 is 45.3 Å². The second-order valence-corrected chi connectivity index (χ2v) is 5.37. The van der Waals surface area contributed by atoms with Gasteiger partial charge in [-0.25, -0.2) is 14.8 Å². The normalized spacial score (nSPS) is 10.4. The minimum atomic E-state index is -0.475. The van der Waals surface area contributed by atoms with Crippen molar-refractivity contribution in [2.24, 2.45) is 0 Å². The number of fused-ring (bicyclic) bond motifs is 1. The quantitative estimate of drug-likeness (QED) is 0.662. The molecule has 0 aromatic carbocycles. The van der Waals surface area contributed by atoms with Crippen molar-refractivity contribution in [1.29, 1.82) is 0 Å². The number of rotatable bonds is 4. The highest BCUT2D eigenvalue weighted by Crippen LogP contribution is 2.27. The van der Waals surface area contributed by atoms with Crippen LogP contribution in [-0.4, -0.2) is 34.2 Å². The second kappa shape index (κ2) is 6.48. The summed E-state index contributed by atoms with van der Waals surface area (Å²) < 4.78 is 0. The van der Waals surface area contributed by atoms with E-state index in [9.17, 15) is 9.59 Å². The summed E-state index contributed by atoms with van der Waals surface area (Å²) in [5.41, 5.74) is 0. The number of nitrogens with one attached hydrogen (secondary N) is 2. The smallest absolute Gasteiger partial charge is 0.321 e. The third kappa shape index (κ3) is 3.65. The first-order chi connectivity index (χ1) is 9.20. The van der Waals surface area contributed by atoms with Crippen molar-refractivity contribution in [2.75, 3.05) is 12.3 Å². The van der Waals surface area contributed by atoms with Crippen LogP contribution in [0.3, 0.4) is 0 Å². The second-order valence-electron chi connectivity index (χ2n) is 3.51. The van der Waals surface area contributed by atoms with E-state index in [0.29, 0.717) is 6.54 Å². The number of amides is 3. The average Bonchev–Trinajstić information content (AvgIpc) is 2.85. The number of imide groups is 1. The summed E-state index contributed by atoms with van der Waals surface area (Å²) in [6.45, 7) is 2.26. The lowest BCUT2D eigenvalue weighted by Crippen LogP contribution is -2.40. The van der Waals surface area contributed by atoms with Crippen LogP contribution in [-0.2, 0) is 4.79 Å². The van der Waals surface area contributed by atoms with E-state index in [1.807, 2.05) is 11.4 Å². The Hall–Kier alpha value is -1.67. The standard InChI is InChI=1S/C11H12N4O2S2/c1-2-12-11(17)15-8(16)5-19-10-7-3-4-18-9(7)13-6-14-10/h3-4,6H,2,5H2,1H3,(H2,12,15,16,17). The highest BCUT2D eigenvalue weighted by Gasteiger charge is 2.10. The van der Waals surface area contributed by atoms with Gasteiger partial charge >= 0.3 is 6.03 Å². The Labute approximate surface area is 118 Å². The Morgan fingerprint density at radius 1 is 1.42 bits per heavy atom. The lowest BCUT2D eigenvalue weighted by atomic mass is 10.4. The molecule has 2 N–H and O–H groups in total. The van der Waals surface area contributed by atoms with Gasteiger partial charge in [0.15, 0.2) is 0 Å². The third-order valence-electron chi connectivity index (χ3n) is 2.16. The minimum absolute atomic E-state index is 0.138. The predicted molar refractivity (Wildman–Crippen MR) is 75.4 cm³/mol. The fourth-order valence-electron chi connectivity index (χ4n) is 1.38. The van der Waals surface area contributed by atoms with Gasteiger partial charge in [-0.05, 0) is 18.4 Å². The summed E-state index contributed by atoms with van der Waals surface area (Å²) in [5, 5.41) is 8.35. The highest BCUT2D eigenvalue weighted by atomic mass is 32.2. The lowest BCUT2D eigenvalue weighted by molar-refractivity contribution is -0.117. The molecule has 2 aromatic rings. The lowest BCUT2D eigenvalue weighted by Gasteiger charge is -2.04. The molecule has 8 heteroatoms. The Morgan fingerprint density at radius 3 is 3.05 bits per heavy atom. The van der Waals surface area contributed by atoms with Crippen molar-refractivity contribution in [3.63, 3.8) is 0 Å². The Balaban J connectivity index is 1.93. The van der Waals surface area contributed by atoms with Gasteiger partial charge in [-0.1, -0.05) is 11.8 Å². The molecule has 0 bridgehead atoms. The average molecular weight is 296 g/mol. The van der Waals surface area contributed by atoms with Crippen LogP contribution >= 0.6 is 23.1 Å². The first-order valence-electron chi connectivity index (χ1n) is 5.59. The topological polar surface area (TPSA) is 84.0 Å². The number of carbonyl (C=O) groups excluding carboxylic acids is 2. The van der Waals surface area contributed by atoms with E-state index in [2.05, 4.69) is 20.6 Å². The fraction of sp³-hybridized carbons (Fsp3) is 0.273. The van der Waals surface area contributed by atoms with Gasteiger partial charge in [0.2, 0.25) is 5.91 Å². The van der Waals surface area contributed by atoms with Crippen molar-refractivity contribution in [3.05, 3.63) is 17.8 Å². The van der Waals surface area contributed by atoms with Crippen molar-refractivity contribution in [1.82, 2.24) is 20.6 Å². The number of hydrogen-bond donors (Lipinski definition) is 2. The van der Waals surface area contributed by atoms with E-state index >= 15 is 0 Å². The molecule has 0 radical (unpaired) electrons. The van der Waals surface area contributed by atoms with Crippen LogP contribution in [0.1, 0.15) is 6.92 Å². The first kappa shape index (κ1) is 13.8. The molecule has 6 nitrogen and oxygen atoms in total. The maximum atomic E-state index is 11.5. The summed E-state index contributed by atoms with van der Waals surface area (Å²) in [4.78, 5) is 31.9. The van der Waals surface area contributed by atoms with E-state index in [0.717, 1.165) is 15.2 Å². The molecule has 0 saturated heterocycles. The molecule has 3 amide bonds. The molecule has 100 valence electrons. The molecule has 2 rings (SSSR count). The van der Waals surface area contributed by atoms with Crippen LogP contribution in [0.25, 0.3) is 10.2 Å². The molecule has 0 aliphatic heterocycles. The summed E-state index contributed by atoms with van der Waals surface area (Å²) in [5.74, 6) is -0.211. The van der Waals surface area contributed by atoms with Crippen molar-refractivity contribution in [2.45, 2.75) is 11.9 Å². The highest BCUT2D eigenvalue weighted by molar-refractivity contribution is 8.00. The van der Waals surface area contributed by atoms with Gasteiger partial charge in [0, 0.05) is 11.9 Å². The third-order valence-corrected chi connectivity index (χ3v) is 3.98. The number of thiophene rings is 1. The van der Waals surface area contributed by atoms with Crippen LogP contribution in [0, 0.1) is 0 Å². The molecule has 2 heterocycles. The molecule has 0 unspecified atom stereocenters. The minimum Gasteiger partial charge on any atom is -0.338 e. The molecular formula is C11H12N4O2S2. The maximum Gasteiger partial charge on any atom is 0.321 e. The molecular weight excluding hydrogens is 284 g/mol. The summed E-state index contributed by atoms with van der Waals surface area (Å²) in [7, 11) is 0. The zero-order valence-electron chi connectivity index (χ0n) is 10.2. The molecule has 0 saturated carbocycles. The van der Waals surface area contributed by atoms with Gasteiger partial charge in [0.25, 0.3) is 0 Å². The maximum absolute atomic E-state index is 11.5. The van der Waals surface area contributed by atoms with E-state index in [4.69, 9.17) is 0 Å². The van der Waals surface area contributed by atoms with Gasteiger partial charge in [0.1, 0.15) is 16.2 Å². The van der Waals surface area contributed by atoms with E-state index < -0.39 is 6.03 Å². The van der Waals surface area contributed by atoms with Crippen molar-refractivity contribution < 1.29 is 9.59 Å². The summed E-state index contributed by atoms with van der Waals surface area (Å²) in [6, 6.07) is 1.45. The van der Waals surface area contributed by atoms with Crippen LogP contribution in [0.5, 0.6) is 0 Å². The van der Waals surface area contributed by atoms with Crippen LogP contribution in [0.2, 0.25) is 0 Å². The van der Waals surface area contributed by atoms with Gasteiger partial charge in [-0.3, -0.25) is 10.1 Å². The van der Waals surface area contributed by atoms with Crippen molar-refractivity contribution in [3.8, 4) is 0 Å². The Morgan fingerprint density at radius 2 is 2.26 bits per heavy atom. The van der Waals surface area contributed by atoms with Gasteiger partial charge in [0.05, 0.1) is 5.75 Å². The number of thioether (sulfide) groups is 1. The van der Waals surface area contributed by atoms with E-state index in [1.165, 1.54) is 29.4 Å². The Kier molecular flexibility index (Phi) is 4.69.